The van der Waals surface area contributed by atoms with E-state index in [4.69, 9.17) is 4.74 Å². The largest absolute Gasteiger partial charge is 0.496 e. The second-order valence-electron chi connectivity index (χ2n) is 6.06. The summed E-state index contributed by atoms with van der Waals surface area (Å²) in [6, 6.07) is 16.3. The first-order chi connectivity index (χ1) is 11.8. The number of amides is 1. The summed E-state index contributed by atoms with van der Waals surface area (Å²) in [5.74, 6) is 0.881. The van der Waals surface area contributed by atoms with Crippen LogP contribution >= 0.6 is 0 Å². The maximum Gasteiger partial charge on any atom is 0.222 e. The van der Waals surface area contributed by atoms with Crippen LogP contribution in [0.1, 0.15) is 24.0 Å². The van der Waals surface area contributed by atoms with Gasteiger partial charge in [0, 0.05) is 37.3 Å². The van der Waals surface area contributed by atoms with E-state index in [0.717, 1.165) is 37.2 Å². The van der Waals surface area contributed by atoms with Gasteiger partial charge in [0.1, 0.15) is 5.75 Å². The molecule has 0 saturated carbocycles. The molecule has 0 atom stereocenters. The number of hydrogen-bond donors (Lipinski definition) is 1. The first-order valence-corrected chi connectivity index (χ1v) is 8.49. The van der Waals surface area contributed by atoms with Crippen molar-refractivity contribution in [3.63, 3.8) is 0 Å². The van der Waals surface area contributed by atoms with Gasteiger partial charge < -0.3 is 15.0 Å². The Morgan fingerprint density at radius 1 is 1.17 bits per heavy atom. The normalized spacial score (nSPS) is 13.3. The van der Waals surface area contributed by atoms with Gasteiger partial charge in [-0.15, -0.1) is 0 Å². The van der Waals surface area contributed by atoms with E-state index in [1.807, 2.05) is 24.3 Å². The predicted molar refractivity (Wildman–Crippen MR) is 96.4 cm³/mol. The highest BCUT2D eigenvalue weighted by Crippen LogP contribution is 2.26. The van der Waals surface area contributed by atoms with Crippen molar-refractivity contribution in [1.29, 1.82) is 0 Å². The van der Waals surface area contributed by atoms with Gasteiger partial charge in [0.05, 0.1) is 7.11 Å². The SMILES string of the molecule is COc1ccccc1CNC(=O)CCN1CCCc2ccccc21. The van der Waals surface area contributed by atoms with Crippen molar-refractivity contribution < 1.29 is 9.53 Å². The second kappa shape index (κ2) is 7.86. The van der Waals surface area contributed by atoms with Crippen molar-refractivity contribution in [1.82, 2.24) is 5.32 Å². The summed E-state index contributed by atoms with van der Waals surface area (Å²) in [6.07, 6.45) is 2.79. The lowest BCUT2D eigenvalue weighted by Crippen LogP contribution is -2.34. The topological polar surface area (TPSA) is 41.6 Å². The molecule has 1 aliphatic rings. The van der Waals surface area contributed by atoms with Gasteiger partial charge in [-0.05, 0) is 30.5 Å². The Kier molecular flexibility index (Phi) is 5.36. The highest BCUT2D eigenvalue weighted by atomic mass is 16.5. The van der Waals surface area contributed by atoms with E-state index in [2.05, 4.69) is 34.5 Å². The lowest BCUT2D eigenvalue weighted by atomic mass is 10.0. The highest BCUT2D eigenvalue weighted by molar-refractivity contribution is 5.76. The molecule has 0 saturated heterocycles. The molecule has 0 aromatic heterocycles. The van der Waals surface area contributed by atoms with Crippen LogP contribution in [0.4, 0.5) is 5.69 Å². The van der Waals surface area contributed by atoms with Crippen LogP contribution in [0.3, 0.4) is 0 Å². The van der Waals surface area contributed by atoms with E-state index in [1.165, 1.54) is 11.3 Å². The molecule has 0 fully saturated rings. The Bertz CT molecular complexity index is 700. The Morgan fingerprint density at radius 2 is 1.96 bits per heavy atom. The van der Waals surface area contributed by atoms with Crippen LogP contribution in [0, 0.1) is 0 Å². The molecular formula is C20H24N2O2. The minimum absolute atomic E-state index is 0.0731. The van der Waals surface area contributed by atoms with Crippen LogP contribution in [-0.2, 0) is 17.8 Å². The van der Waals surface area contributed by atoms with Gasteiger partial charge in [-0.1, -0.05) is 36.4 Å². The van der Waals surface area contributed by atoms with Crippen molar-refractivity contribution in [2.45, 2.75) is 25.8 Å². The molecule has 1 heterocycles. The number of carbonyl (C=O) groups is 1. The van der Waals surface area contributed by atoms with Gasteiger partial charge in [-0.2, -0.15) is 0 Å². The number of aryl methyl sites for hydroxylation is 1. The maximum atomic E-state index is 12.2. The molecule has 1 aliphatic heterocycles. The third-order valence-electron chi connectivity index (χ3n) is 4.48. The quantitative estimate of drug-likeness (QED) is 0.887. The predicted octanol–water partition coefficient (Wildman–Crippen LogP) is 3.15. The van der Waals surface area contributed by atoms with Crippen molar-refractivity contribution in [3.05, 3.63) is 59.7 Å². The number of benzene rings is 2. The average molecular weight is 324 g/mol. The van der Waals surface area contributed by atoms with E-state index < -0.39 is 0 Å². The van der Waals surface area contributed by atoms with E-state index in [9.17, 15) is 4.79 Å². The number of nitrogens with one attached hydrogen (secondary N) is 1. The number of para-hydroxylation sites is 2. The van der Waals surface area contributed by atoms with E-state index in [0.29, 0.717) is 13.0 Å². The summed E-state index contributed by atoms with van der Waals surface area (Å²) < 4.78 is 5.31. The number of hydrogen-bond acceptors (Lipinski definition) is 3. The van der Waals surface area contributed by atoms with E-state index in [1.54, 1.807) is 7.11 Å². The smallest absolute Gasteiger partial charge is 0.222 e. The highest BCUT2D eigenvalue weighted by Gasteiger charge is 2.16. The molecule has 0 bridgehead atoms. The number of carbonyl (C=O) groups excluding carboxylic acids is 1. The summed E-state index contributed by atoms with van der Waals surface area (Å²) in [7, 11) is 1.65. The first kappa shape index (κ1) is 16.4. The maximum absolute atomic E-state index is 12.2. The Balaban J connectivity index is 1.52. The standard InChI is InChI=1S/C20H24N2O2/c1-24-19-11-5-3-8-17(19)15-21-20(23)12-14-22-13-6-9-16-7-2-4-10-18(16)22/h2-5,7-8,10-11H,6,9,12-15H2,1H3,(H,21,23). The van der Waals surface area contributed by atoms with Crippen LogP contribution in [0.15, 0.2) is 48.5 Å². The van der Waals surface area contributed by atoms with Crippen LogP contribution in [0.5, 0.6) is 5.75 Å². The monoisotopic (exact) mass is 324 g/mol. The molecule has 0 radical (unpaired) electrons. The number of anilines is 1. The van der Waals surface area contributed by atoms with Gasteiger partial charge >= 0.3 is 0 Å². The zero-order valence-corrected chi connectivity index (χ0v) is 14.1. The minimum atomic E-state index is 0.0731. The molecule has 2 aromatic carbocycles. The van der Waals surface area contributed by atoms with Crippen molar-refractivity contribution in [2.75, 3.05) is 25.1 Å². The molecule has 24 heavy (non-hydrogen) atoms. The van der Waals surface area contributed by atoms with Crippen LogP contribution in [0.2, 0.25) is 0 Å². The summed E-state index contributed by atoms with van der Waals surface area (Å²) in [5.41, 5.74) is 3.66. The molecule has 0 unspecified atom stereocenters. The Labute approximate surface area is 143 Å². The van der Waals surface area contributed by atoms with E-state index in [-0.39, 0.29) is 5.91 Å². The van der Waals surface area contributed by atoms with Crippen LogP contribution in [-0.4, -0.2) is 26.1 Å². The molecule has 4 nitrogen and oxygen atoms in total. The van der Waals surface area contributed by atoms with Gasteiger partial charge in [0.2, 0.25) is 5.91 Å². The Morgan fingerprint density at radius 3 is 2.83 bits per heavy atom. The number of ether oxygens (including phenoxy) is 1. The summed E-state index contributed by atoms with van der Waals surface area (Å²) in [5, 5.41) is 2.99. The lowest BCUT2D eigenvalue weighted by molar-refractivity contribution is -0.121. The van der Waals surface area contributed by atoms with Crippen molar-refractivity contribution in [2.24, 2.45) is 0 Å². The van der Waals surface area contributed by atoms with Gasteiger partial charge in [0.25, 0.3) is 0 Å². The zero-order chi connectivity index (χ0) is 16.8. The van der Waals surface area contributed by atoms with Gasteiger partial charge in [0.15, 0.2) is 0 Å². The average Bonchev–Trinajstić information content (AvgIpc) is 2.64. The Hall–Kier alpha value is -2.49. The summed E-state index contributed by atoms with van der Waals surface area (Å²) in [4.78, 5) is 14.5. The fraction of sp³-hybridized carbons (Fsp3) is 0.350. The number of methoxy groups -OCH3 is 1. The summed E-state index contributed by atoms with van der Waals surface area (Å²) in [6.45, 7) is 2.28. The molecule has 3 rings (SSSR count). The lowest BCUT2D eigenvalue weighted by Gasteiger charge is -2.31. The molecule has 1 N–H and O–H groups in total. The van der Waals surface area contributed by atoms with Gasteiger partial charge in [-0.3, -0.25) is 4.79 Å². The molecule has 4 heteroatoms. The zero-order valence-electron chi connectivity index (χ0n) is 14.1. The van der Waals surface area contributed by atoms with Gasteiger partial charge in [-0.25, -0.2) is 0 Å². The molecule has 126 valence electrons. The minimum Gasteiger partial charge on any atom is -0.496 e. The molecular weight excluding hydrogens is 300 g/mol. The number of fused-ring (bicyclic) bond motifs is 1. The molecule has 1 amide bonds. The van der Waals surface area contributed by atoms with Crippen molar-refractivity contribution in [3.8, 4) is 5.75 Å². The third kappa shape index (κ3) is 3.88. The molecule has 2 aromatic rings. The number of rotatable bonds is 6. The molecule has 0 spiro atoms. The van der Waals surface area contributed by atoms with Crippen molar-refractivity contribution >= 4 is 11.6 Å². The third-order valence-corrected chi connectivity index (χ3v) is 4.48. The fourth-order valence-electron chi connectivity index (χ4n) is 3.21. The first-order valence-electron chi connectivity index (χ1n) is 8.49. The molecule has 0 aliphatic carbocycles. The van der Waals surface area contributed by atoms with Crippen LogP contribution < -0.4 is 15.0 Å². The van der Waals surface area contributed by atoms with Crippen LogP contribution in [0.25, 0.3) is 0 Å². The second-order valence-corrected chi connectivity index (χ2v) is 6.06. The van der Waals surface area contributed by atoms with E-state index >= 15 is 0 Å². The fourth-order valence-corrected chi connectivity index (χ4v) is 3.21. The summed E-state index contributed by atoms with van der Waals surface area (Å²) >= 11 is 0. The number of nitrogens with zero attached hydrogens (tertiary/aromatic N) is 1.